The number of ether oxygens (including phenoxy) is 1. The molecule has 0 atom stereocenters. The van der Waals surface area contributed by atoms with E-state index in [0.717, 1.165) is 15.8 Å². The quantitative estimate of drug-likeness (QED) is 0.679. The van der Waals surface area contributed by atoms with Crippen LogP contribution in [0.4, 0.5) is 0 Å². The molecule has 0 N–H and O–H groups in total. The Hall–Kier alpha value is -0.990. The first-order valence-corrected chi connectivity index (χ1v) is 7.47. The highest BCUT2D eigenvalue weighted by Gasteiger charge is 2.07. The van der Waals surface area contributed by atoms with Gasteiger partial charge in [0.25, 0.3) is 0 Å². The molecule has 0 amide bonds. The number of hydrogen-bond donors (Lipinski definition) is 0. The maximum atomic E-state index is 5.93. The molecular formula is C16H16BrClO. The summed E-state index contributed by atoms with van der Waals surface area (Å²) in [6.45, 7) is 4.77. The molecule has 0 fully saturated rings. The molecule has 100 valence electrons. The van der Waals surface area contributed by atoms with Crippen LogP contribution < -0.4 is 4.74 Å². The van der Waals surface area contributed by atoms with E-state index in [4.69, 9.17) is 16.3 Å². The number of benzene rings is 2. The molecule has 0 saturated heterocycles. The van der Waals surface area contributed by atoms with Crippen molar-refractivity contribution in [1.82, 2.24) is 0 Å². The van der Waals surface area contributed by atoms with Crippen LogP contribution in [0.3, 0.4) is 0 Å². The monoisotopic (exact) mass is 338 g/mol. The Balaban J connectivity index is 2.16. The molecule has 3 heteroatoms. The van der Waals surface area contributed by atoms with Crippen molar-refractivity contribution in [2.24, 2.45) is 0 Å². The fraction of sp³-hybridized carbons (Fsp3) is 0.250. The van der Waals surface area contributed by atoms with Gasteiger partial charge in [0.05, 0.1) is 10.4 Å². The van der Waals surface area contributed by atoms with E-state index >= 15 is 0 Å². The van der Waals surface area contributed by atoms with E-state index in [9.17, 15) is 0 Å². The number of hydrogen-bond acceptors (Lipinski definition) is 1. The molecular weight excluding hydrogens is 324 g/mol. The third kappa shape index (κ3) is 3.52. The number of halogens is 2. The molecule has 19 heavy (non-hydrogen) atoms. The van der Waals surface area contributed by atoms with Crippen LogP contribution in [0.1, 0.15) is 22.3 Å². The molecule has 0 aliphatic rings. The van der Waals surface area contributed by atoms with Crippen LogP contribution in [-0.4, -0.2) is 0 Å². The first-order valence-electron chi connectivity index (χ1n) is 6.14. The summed E-state index contributed by atoms with van der Waals surface area (Å²) in [4.78, 5) is 0. The van der Waals surface area contributed by atoms with Crippen molar-refractivity contribution in [3.05, 3.63) is 63.1 Å². The van der Waals surface area contributed by atoms with E-state index in [1.807, 2.05) is 18.2 Å². The van der Waals surface area contributed by atoms with Crippen LogP contribution >= 0.6 is 27.5 Å². The molecule has 0 unspecified atom stereocenters. The van der Waals surface area contributed by atoms with Crippen molar-refractivity contribution >= 4 is 27.5 Å². The van der Waals surface area contributed by atoms with Crippen LogP contribution in [0.15, 0.2) is 40.9 Å². The Morgan fingerprint density at radius 2 is 1.89 bits per heavy atom. The molecule has 0 saturated carbocycles. The van der Waals surface area contributed by atoms with E-state index in [0.29, 0.717) is 12.5 Å². The van der Waals surface area contributed by atoms with Gasteiger partial charge in [0.2, 0.25) is 0 Å². The van der Waals surface area contributed by atoms with Gasteiger partial charge in [0, 0.05) is 5.56 Å². The van der Waals surface area contributed by atoms with Crippen molar-refractivity contribution in [2.45, 2.75) is 26.3 Å². The molecule has 2 rings (SSSR count). The summed E-state index contributed by atoms with van der Waals surface area (Å²) in [5.41, 5.74) is 4.75. The first-order chi connectivity index (χ1) is 9.11. The highest BCUT2D eigenvalue weighted by atomic mass is 79.9. The van der Waals surface area contributed by atoms with Gasteiger partial charge in [0.15, 0.2) is 0 Å². The lowest BCUT2D eigenvalue weighted by Crippen LogP contribution is -1.99. The average molecular weight is 340 g/mol. The third-order valence-corrected chi connectivity index (χ3v) is 4.06. The summed E-state index contributed by atoms with van der Waals surface area (Å²) in [5.74, 6) is 1.28. The van der Waals surface area contributed by atoms with E-state index in [1.54, 1.807) is 0 Å². The number of para-hydroxylation sites is 1. The summed E-state index contributed by atoms with van der Waals surface area (Å²) in [6.07, 6.45) is 0. The van der Waals surface area contributed by atoms with Crippen LogP contribution in [0.25, 0.3) is 0 Å². The second-order valence-electron chi connectivity index (χ2n) is 4.57. The Bertz CT molecular complexity index is 581. The van der Waals surface area contributed by atoms with Gasteiger partial charge in [-0.05, 0) is 52.5 Å². The summed E-state index contributed by atoms with van der Waals surface area (Å²) in [7, 11) is 0. The summed E-state index contributed by atoms with van der Waals surface area (Å²) >= 11 is 9.43. The van der Waals surface area contributed by atoms with Gasteiger partial charge in [-0.1, -0.05) is 30.3 Å². The second kappa shape index (κ2) is 6.44. The van der Waals surface area contributed by atoms with E-state index in [-0.39, 0.29) is 0 Å². The third-order valence-electron chi connectivity index (χ3n) is 3.15. The smallest absolute Gasteiger partial charge is 0.138 e. The molecule has 0 bridgehead atoms. The normalized spacial score (nSPS) is 10.5. The molecule has 1 nitrogen and oxygen atoms in total. The summed E-state index contributed by atoms with van der Waals surface area (Å²) in [6, 6.07) is 12.3. The maximum Gasteiger partial charge on any atom is 0.138 e. The van der Waals surface area contributed by atoms with E-state index < -0.39 is 0 Å². The van der Waals surface area contributed by atoms with Crippen LogP contribution in [0.2, 0.25) is 0 Å². The van der Waals surface area contributed by atoms with Gasteiger partial charge in [0.1, 0.15) is 12.4 Å². The Morgan fingerprint density at radius 3 is 2.58 bits per heavy atom. The topological polar surface area (TPSA) is 9.23 Å². The minimum absolute atomic E-state index is 0.446. The van der Waals surface area contributed by atoms with Crippen molar-refractivity contribution in [3.8, 4) is 5.75 Å². The molecule has 0 aliphatic carbocycles. The first kappa shape index (κ1) is 14.4. The van der Waals surface area contributed by atoms with Crippen molar-refractivity contribution in [3.63, 3.8) is 0 Å². The fourth-order valence-corrected chi connectivity index (χ4v) is 2.60. The van der Waals surface area contributed by atoms with Crippen molar-refractivity contribution in [1.29, 1.82) is 0 Å². The number of rotatable bonds is 4. The molecule has 0 radical (unpaired) electrons. The van der Waals surface area contributed by atoms with Gasteiger partial charge in [-0.3, -0.25) is 0 Å². The van der Waals surface area contributed by atoms with Gasteiger partial charge in [-0.15, -0.1) is 11.6 Å². The lowest BCUT2D eigenvalue weighted by atomic mass is 10.1. The zero-order valence-electron chi connectivity index (χ0n) is 11.0. The molecule has 0 spiro atoms. The predicted octanol–water partition coefficient (Wildman–Crippen LogP) is 5.38. The predicted molar refractivity (Wildman–Crippen MR) is 83.9 cm³/mol. The molecule has 0 heterocycles. The van der Waals surface area contributed by atoms with E-state index in [2.05, 4.69) is 48.0 Å². The standard InChI is InChI=1S/C16H16BrClO/c1-11-6-7-13(8-12(11)2)10-19-16-14(9-18)4-3-5-15(16)17/h3-8H,9-10H2,1-2H3. The number of aryl methyl sites for hydroxylation is 2. The summed E-state index contributed by atoms with van der Waals surface area (Å²) < 4.78 is 6.85. The van der Waals surface area contributed by atoms with Crippen molar-refractivity contribution in [2.75, 3.05) is 0 Å². The van der Waals surface area contributed by atoms with Gasteiger partial charge >= 0.3 is 0 Å². The zero-order chi connectivity index (χ0) is 13.8. The van der Waals surface area contributed by atoms with Gasteiger partial charge in [-0.2, -0.15) is 0 Å². The Morgan fingerprint density at radius 1 is 1.11 bits per heavy atom. The highest BCUT2D eigenvalue weighted by Crippen LogP contribution is 2.31. The highest BCUT2D eigenvalue weighted by molar-refractivity contribution is 9.10. The largest absolute Gasteiger partial charge is 0.487 e. The van der Waals surface area contributed by atoms with Crippen LogP contribution in [0, 0.1) is 13.8 Å². The lowest BCUT2D eigenvalue weighted by Gasteiger charge is -2.12. The molecule has 0 aliphatic heterocycles. The van der Waals surface area contributed by atoms with Crippen LogP contribution in [0.5, 0.6) is 5.75 Å². The lowest BCUT2D eigenvalue weighted by molar-refractivity contribution is 0.302. The molecule has 2 aromatic rings. The molecule has 0 aromatic heterocycles. The van der Waals surface area contributed by atoms with Crippen LogP contribution in [-0.2, 0) is 12.5 Å². The zero-order valence-corrected chi connectivity index (χ0v) is 13.4. The molecule has 2 aromatic carbocycles. The Kier molecular flexibility index (Phi) is 4.89. The second-order valence-corrected chi connectivity index (χ2v) is 5.69. The Labute approximate surface area is 127 Å². The average Bonchev–Trinajstić information content (AvgIpc) is 2.41. The van der Waals surface area contributed by atoms with Gasteiger partial charge in [-0.25, -0.2) is 0 Å². The minimum atomic E-state index is 0.446. The minimum Gasteiger partial charge on any atom is -0.487 e. The van der Waals surface area contributed by atoms with Gasteiger partial charge < -0.3 is 4.74 Å². The fourth-order valence-electron chi connectivity index (χ4n) is 1.87. The van der Waals surface area contributed by atoms with Crippen molar-refractivity contribution < 1.29 is 4.74 Å². The SMILES string of the molecule is Cc1ccc(COc2c(Br)cccc2CCl)cc1C. The van der Waals surface area contributed by atoms with E-state index in [1.165, 1.54) is 16.7 Å². The maximum absolute atomic E-state index is 5.93. The summed E-state index contributed by atoms with van der Waals surface area (Å²) in [5, 5.41) is 0. The number of alkyl halides is 1.